The van der Waals surface area contributed by atoms with E-state index in [1.54, 1.807) is 7.11 Å². The van der Waals surface area contributed by atoms with Gasteiger partial charge in [0, 0.05) is 6.54 Å². The van der Waals surface area contributed by atoms with Crippen molar-refractivity contribution in [3.05, 3.63) is 94.5 Å². The summed E-state index contributed by atoms with van der Waals surface area (Å²) in [4.78, 5) is 12.4. The second-order valence-corrected chi connectivity index (χ2v) is 8.35. The van der Waals surface area contributed by atoms with Crippen LogP contribution in [0, 0.1) is 0 Å². The molecular formula is C28H31NO3. The number of nitrogens with one attached hydrogen (secondary N) is 1. The van der Waals surface area contributed by atoms with E-state index in [1.165, 1.54) is 30.4 Å². The van der Waals surface area contributed by atoms with Crippen LogP contribution in [0.1, 0.15) is 40.7 Å². The highest BCUT2D eigenvalue weighted by molar-refractivity contribution is 5.78. The molecule has 0 spiro atoms. The fourth-order valence-corrected chi connectivity index (χ4v) is 4.21. The fourth-order valence-electron chi connectivity index (χ4n) is 4.21. The second-order valence-electron chi connectivity index (χ2n) is 8.35. The topological polar surface area (TPSA) is 47.6 Å². The first-order valence-corrected chi connectivity index (χ1v) is 11.4. The summed E-state index contributed by atoms with van der Waals surface area (Å²) in [5.41, 5.74) is 6.18. The van der Waals surface area contributed by atoms with Crippen LogP contribution < -0.4 is 14.8 Å². The first kappa shape index (κ1) is 21.9. The zero-order valence-electron chi connectivity index (χ0n) is 18.7. The monoisotopic (exact) mass is 429 g/mol. The highest BCUT2D eigenvalue weighted by atomic mass is 16.5. The number of benzene rings is 3. The summed E-state index contributed by atoms with van der Waals surface area (Å²) < 4.78 is 11.4. The maximum Gasteiger partial charge on any atom is 0.224 e. The van der Waals surface area contributed by atoms with Crippen molar-refractivity contribution in [3.63, 3.8) is 0 Å². The Balaban J connectivity index is 1.26. The van der Waals surface area contributed by atoms with E-state index >= 15 is 0 Å². The largest absolute Gasteiger partial charge is 0.493 e. The summed E-state index contributed by atoms with van der Waals surface area (Å²) in [5.74, 6) is 1.49. The minimum Gasteiger partial charge on any atom is -0.493 e. The van der Waals surface area contributed by atoms with Gasteiger partial charge in [-0.1, -0.05) is 54.6 Å². The molecule has 0 saturated carbocycles. The lowest BCUT2D eigenvalue weighted by Gasteiger charge is -2.16. The van der Waals surface area contributed by atoms with Crippen molar-refractivity contribution in [1.82, 2.24) is 5.32 Å². The summed E-state index contributed by atoms with van der Waals surface area (Å²) in [6, 6.07) is 22.5. The molecule has 0 heterocycles. The van der Waals surface area contributed by atoms with Gasteiger partial charge in [0.05, 0.1) is 13.5 Å². The van der Waals surface area contributed by atoms with Gasteiger partial charge < -0.3 is 14.8 Å². The van der Waals surface area contributed by atoms with Crippen LogP contribution in [0.15, 0.2) is 66.7 Å². The first-order valence-electron chi connectivity index (χ1n) is 11.4. The summed E-state index contributed by atoms with van der Waals surface area (Å²) in [5, 5.41) is 3.05. The lowest BCUT2D eigenvalue weighted by atomic mass is 9.90. The summed E-state index contributed by atoms with van der Waals surface area (Å²) in [7, 11) is 1.65. The molecule has 4 heteroatoms. The molecule has 166 valence electrons. The Morgan fingerprint density at radius 2 is 1.62 bits per heavy atom. The lowest BCUT2D eigenvalue weighted by molar-refractivity contribution is -0.120. The molecule has 3 aromatic carbocycles. The van der Waals surface area contributed by atoms with E-state index in [4.69, 9.17) is 9.47 Å². The van der Waals surface area contributed by atoms with Crippen LogP contribution in [-0.2, 0) is 37.1 Å². The predicted molar refractivity (Wildman–Crippen MR) is 127 cm³/mol. The van der Waals surface area contributed by atoms with Gasteiger partial charge in [-0.25, -0.2) is 0 Å². The standard InChI is InChI=1S/C28H31NO3/c1-31-27-18-21(12-14-26(27)32-20-22-7-3-2-4-8-22)15-16-29-28(30)19-23-11-13-24-9-5-6-10-25(24)17-23/h2-4,7-8,11-14,17-18H,5-6,9-10,15-16,19-20H2,1H3,(H,29,30). The number of ether oxygens (including phenoxy) is 2. The van der Waals surface area contributed by atoms with Crippen LogP contribution in [0.4, 0.5) is 0 Å². The Kier molecular flexibility index (Phi) is 7.44. The summed E-state index contributed by atoms with van der Waals surface area (Å²) in [6.07, 6.45) is 6.01. The third-order valence-electron chi connectivity index (χ3n) is 5.98. The van der Waals surface area contributed by atoms with E-state index < -0.39 is 0 Å². The van der Waals surface area contributed by atoms with Gasteiger partial charge in [0.1, 0.15) is 6.61 Å². The molecule has 1 aliphatic rings. The number of methoxy groups -OCH3 is 1. The van der Waals surface area contributed by atoms with Gasteiger partial charge in [0.2, 0.25) is 5.91 Å². The number of carbonyl (C=O) groups excluding carboxylic acids is 1. The van der Waals surface area contributed by atoms with Gasteiger partial charge in [-0.15, -0.1) is 0 Å². The van der Waals surface area contributed by atoms with Gasteiger partial charge in [-0.05, 0) is 72.1 Å². The minimum atomic E-state index is 0.0653. The molecule has 0 aliphatic heterocycles. The molecule has 0 saturated heterocycles. The second kappa shape index (κ2) is 10.9. The zero-order valence-corrected chi connectivity index (χ0v) is 18.7. The molecule has 4 nitrogen and oxygen atoms in total. The van der Waals surface area contributed by atoms with Crippen molar-refractivity contribution >= 4 is 5.91 Å². The smallest absolute Gasteiger partial charge is 0.224 e. The van der Waals surface area contributed by atoms with Crippen LogP contribution in [-0.4, -0.2) is 19.6 Å². The van der Waals surface area contributed by atoms with Crippen molar-refractivity contribution in [3.8, 4) is 11.5 Å². The fraction of sp³-hybridized carbons (Fsp3) is 0.321. The number of fused-ring (bicyclic) bond motifs is 1. The molecule has 1 amide bonds. The molecule has 1 N–H and O–H groups in total. The molecule has 0 unspecified atom stereocenters. The quantitative estimate of drug-likeness (QED) is 0.518. The number of hydrogen-bond donors (Lipinski definition) is 1. The maximum absolute atomic E-state index is 12.4. The number of hydrogen-bond acceptors (Lipinski definition) is 3. The molecular weight excluding hydrogens is 398 g/mol. The van der Waals surface area contributed by atoms with Crippen LogP contribution in [0.3, 0.4) is 0 Å². The van der Waals surface area contributed by atoms with Crippen LogP contribution in [0.25, 0.3) is 0 Å². The van der Waals surface area contributed by atoms with Crippen molar-refractivity contribution in [2.24, 2.45) is 0 Å². The Hall–Kier alpha value is -3.27. The van der Waals surface area contributed by atoms with Crippen LogP contribution >= 0.6 is 0 Å². The Labute approximate surface area is 190 Å². The Morgan fingerprint density at radius 1 is 0.844 bits per heavy atom. The molecule has 0 fully saturated rings. The normalized spacial score (nSPS) is 12.7. The van der Waals surface area contributed by atoms with Gasteiger partial charge >= 0.3 is 0 Å². The number of amides is 1. The predicted octanol–water partition coefficient (Wildman–Crippen LogP) is 5.05. The average molecular weight is 430 g/mol. The zero-order chi connectivity index (χ0) is 22.2. The van der Waals surface area contributed by atoms with Gasteiger partial charge in [-0.2, -0.15) is 0 Å². The number of rotatable bonds is 9. The van der Waals surface area contributed by atoms with Crippen molar-refractivity contribution in [2.75, 3.05) is 13.7 Å². The third kappa shape index (κ3) is 5.91. The van der Waals surface area contributed by atoms with Crippen LogP contribution in [0.5, 0.6) is 11.5 Å². The van der Waals surface area contributed by atoms with Gasteiger partial charge in [0.15, 0.2) is 11.5 Å². The summed E-state index contributed by atoms with van der Waals surface area (Å²) >= 11 is 0. The van der Waals surface area contributed by atoms with E-state index in [0.717, 1.165) is 35.3 Å². The molecule has 4 rings (SSSR count). The Morgan fingerprint density at radius 3 is 2.44 bits per heavy atom. The number of carbonyl (C=O) groups is 1. The van der Waals surface area contributed by atoms with E-state index in [1.807, 2.05) is 48.5 Å². The van der Waals surface area contributed by atoms with Crippen molar-refractivity contribution in [2.45, 2.75) is 45.1 Å². The molecule has 0 atom stereocenters. The highest BCUT2D eigenvalue weighted by Crippen LogP contribution is 2.29. The highest BCUT2D eigenvalue weighted by Gasteiger charge is 2.11. The van der Waals surface area contributed by atoms with E-state index in [0.29, 0.717) is 25.3 Å². The first-order chi connectivity index (χ1) is 15.7. The van der Waals surface area contributed by atoms with Crippen LogP contribution in [0.2, 0.25) is 0 Å². The van der Waals surface area contributed by atoms with E-state index in [2.05, 4.69) is 23.5 Å². The van der Waals surface area contributed by atoms with Crippen molar-refractivity contribution in [1.29, 1.82) is 0 Å². The molecule has 0 radical (unpaired) electrons. The van der Waals surface area contributed by atoms with Crippen molar-refractivity contribution < 1.29 is 14.3 Å². The SMILES string of the molecule is COc1cc(CCNC(=O)Cc2ccc3c(c2)CCCC3)ccc1OCc1ccccc1. The molecule has 1 aliphatic carbocycles. The molecule has 0 aromatic heterocycles. The van der Waals surface area contributed by atoms with E-state index in [9.17, 15) is 4.79 Å². The summed E-state index contributed by atoms with van der Waals surface area (Å²) in [6.45, 7) is 1.09. The lowest BCUT2D eigenvalue weighted by Crippen LogP contribution is -2.27. The van der Waals surface area contributed by atoms with Gasteiger partial charge in [0.25, 0.3) is 0 Å². The molecule has 3 aromatic rings. The average Bonchev–Trinajstić information content (AvgIpc) is 2.83. The molecule has 32 heavy (non-hydrogen) atoms. The van der Waals surface area contributed by atoms with Gasteiger partial charge in [-0.3, -0.25) is 4.79 Å². The minimum absolute atomic E-state index is 0.0653. The van der Waals surface area contributed by atoms with E-state index in [-0.39, 0.29) is 5.91 Å². The Bertz CT molecular complexity index is 1050. The third-order valence-corrected chi connectivity index (χ3v) is 5.98. The molecule has 0 bridgehead atoms. The maximum atomic E-state index is 12.4. The number of aryl methyl sites for hydroxylation is 2.